The Morgan fingerprint density at radius 1 is 1.41 bits per heavy atom. The highest BCUT2D eigenvalue weighted by atomic mass is 19.1. The predicted octanol–water partition coefficient (Wildman–Crippen LogP) is 1.16. The molecule has 3 rings (SSSR count). The highest BCUT2D eigenvalue weighted by molar-refractivity contribution is 5.67. The molecule has 2 fully saturated rings. The summed E-state index contributed by atoms with van der Waals surface area (Å²) in [5.41, 5.74) is 0.865. The molecule has 2 aliphatic rings. The van der Waals surface area contributed by atoms with Gasteiger partial charge in [0, 0.05) is 19.1 Å². The molecule has 2 saturated heterocycles. The van der Waals surface area contributed by atoms with E-state index in [2.05, 4.69) is 9.88 Å². The number of likely N-dealkylation sites (tertiary alicyclic amines) is 1. The summed E-state index contributed by atoms with van der Waals surface area (Å²) in [4.78, 5) is 18.1. The fraction of sp³-hybridized carbons (Fsp3) is 0.455. The quantitative estimate of drug-likeness (QED) is 0.745. The van der Waals surface area contributed by atoms with Crippen molar-refractivity contribution < 1.29 is 14.3 Å². The van der Waals surface area contributed by atoms with E-state index >= 15 is 0 Å². The van der Waals surface area contributed by atoms with Crippen LogP contribution in [-0.4, -0.2) is 46.3 Å². The third kappa shape index (κ3) is 1.60. The van der Waals surface area contributed by atoms with Crippen molar-refractivity contribution >= 4 is 11.8 Å². The molecule has 0 radical (unpaired) electrons. The Bertz CT molecular complexity index is 451. The molecule has 6 heteroatoms. The lowest BCUT2D eigenvalue weighted by atomic mass is 10.2. The van der Waals surface area contributed by atoms with Crippen LogP contribution in [0, 0.1) is 5.95 Å². The zero-order chi connectivity index (χ0) is 12.0. The Hall–Kier alpha value is -1.85. The van der Waals surface area contributed by atoms with Crippen LogP contribution in [-0.2, 0) is 0 Å². The zero-order valence-corrected chi connectivity index (χ0v) is 9.08. The van der Waals surface area contributed by atoms with Gasteiger partial charge in [-0.05, 0) is 18.6 Å². The molecule has 0 unspecified atom stereocenters. The van der Waals surface area contributed by atoms with E-state index in [4.69, 9.17) is 5.11 Å². The van der Waals surface area contributed by atoms with Gasteiger partial charge in [0.25, 0.3) is 0 Å². The van der Waals surface area contributed by atoms with E-state index in [0.717, 1.165) is 12.1 Å². The Morgan fingerprint density at radius 3 is 2.76 bits per heavy atom. The highest BCUT2D eigenvalue weighted by Gasteiger charge is 2.45. The number of halogens is 1. The van der Waals surface area contributed by atoms with Gasteiger partial charge < -0.3 is 14.9 Å². The Balaban J connectivity index is 1.78. The van der Waals surface area contributed by atoms with Crippen molar-refractivity contribution in [3.05, 3.63) is 24.3 Å². The number of rotatable bonds is 1. The predicted molar refractivity (Wildman–Crippen MR) is 58.5 cm³/mol. The van der Waals surface area contributed by atoms with Gasteiger partial charge in [-0.1, -0.05) is 0 Å². The third-order valence-electron chi connectivity index (χ3n) is 3.53. The molecule has 0 aliphatic carbocycles. The normalized spacial score (nSPS) is 26.6. The Morgan fingerprint density at radius 2 is 2.24 bits per heavy atom. The number of carboxylic acid groups (broad SMARTS) is 1. The van der Waals surface area contributed by atoms with Crippen LogP contribution in [0.3, 0.4) is 0 Å². The summed E-state index contributed by atoms with van der Waals surface area (Å²) in [6.45, 7) is 1.20. The Kier molecular flexibility index (Phi) is 2.17. The fourth-order valence-corrected chi connectivity index (χ4v) is 2.76. The molecule has 5 nitrogen and oxygen atoms in total. The molecule has 1 aromatic heterocycles. The fourth-order valence-electron chi connectivity index (χ4n) is 2.76. The van der Waals surface area contributed by atoms with E-state index in [1.165, 1.54) is 17.2 Å². The molecule has 1 aromatic rings. The summed E-state index contributed by atoms with van der Waals surface area (Å²) < 4.78 is 12.7. The lowest BCUT2D eigenvalue weighted by Crippen LogP contribution is -2.48. The summed E-state index contributed by atoms with van der Waals surface area (Å²) in [6.07, 6.45) is 1.50. The number of carbonyl (C=O) groups is 1. The smallest absolute Gasteiger partial charge is 0.407 e. The first kappa shape index (κ1) is 10.3. The number of hydrogen-bond donors (Lipinski definition) is 1. The van der Waals surface area contributed by atoms with Gasteiger partial charge in [-0.15, -0.1) is 0 Å². The molecule has 90 valence electrons. The molecule has 0 saturated carbocycles. The SMILES string of the molecule is O=C(O)N1C[C@@H]2C[C@H]1CN2c1ccc(F)nc1. The number of amides is 1. The maximum absolute atomic E-state index is 12.7. The van der Waals surface area contributed by atoms with Crippen molar-refractivity contribution in [1.29, 1.82) is 0 Å². The van der Waals surface area contributed by atoms with Crippen LogP contribution in [0.4, 0.5) is 14.9 Å². The Labute approximate surface area is 97.5 Å². The maximum Gasteiger partial charge on any atom is 0.407 e. The van der Waals surface area contributed by atoms with E-state index in [1.807, 2.05) is 0 Å². The molecule has 2 bridgehead atoms. The van der Waals surface area contributed by atoms with Crippen LogP contribution in [0.25, 0.3) is 0 Å². The number of aromatic nitrogens is 1. The highest BCUT2D eigenvalue weighted by Crippen LogP contribution is 2.34. The standard InChI is InChI=1S/C11H12FN3O2/c12-10-2-1-7(4-13-10)14-5-9-3-8(14)6-15(9)11(16)17/h1-2,4,8-9H,3,5-6H2,(H,16,17)/t8-,9-/m0/s1. The second-order valence-corrected chi connectivity index (χ2v) is 4.47. The first-order valence-electron chi connectivity index (χ1n) is 5.53. The maximum atomic E-state index is 12.7. The van der Waals surface area contributed by atoms with Gasteiger partial charge in [0.2, 0.25) is 5.95 Å². The topological polar surface area (TPSA) is 56.7 Å². The molecule has 2 aliphatic heterocycles. The molecule has 1 N–H and O–H groups in total. The first-order chi connectivity index (χ1) is 8.15. The molecule has 1 amide bonds. The van der Waals surface area contributed by atoms with Gasteiger partial charge in [0.05, 0.1) is 17.9 Å². The second-order valence-electron chi connectivity index (χ2n) is 4.47. The lowest BCUT2D eigenvalue weighted by molar-refractivity contribution is 0.137. The molecule has 0 spiro atoms. The van der Waals surface area contributed by atoms with Crippen LogP contribution >= 0.6 is 0 Å². The van der Waals surface area contributed by atoms with Gasteiger partial charge in [-0.25, -0.2) is 9.78 Å². The molecule has 3 heterocycles. The van der Waals surface area contributed by atoms with Gasteiger partial charge in [-0.2, -0.15) is 4.39 Å². The van der Waals surface area contributed by atoms with Crippen molar-refractivity contribution in [3.63, 3.8) is 0 Å². The first-order valence-corrected chi connectivity index (χ1v) is 5.53. The minimum Gasteiger partial charge on any atom is -0.465 e. The van der Waals surface area contributed by atoms with Crippen LogP contribution in [0.5, 0.6) is 0 Å². The van der Waals surface area contributed by atoms with E-state index in [9.17, 15) is 9.18 Å². The van der Waals surface area contributed by atoms with Crippen molar-refractivity contribution in [3.8, 4) is 0 Å². The minimum absolute atomic E-state index is 0.0579. The summed E-state index contributed by atoms with van der Waals surface area (Å²) in [5.74, 6) is -0.495. The number of hydrogen-bond acceptors (Lipinski definition) is 3. The van der Waals surface area contributed by atoms with Gasteiger partial charge in [-0.3, -0.25) is 0 Å². The summed E-state index contributed by atoms with van der Waals surface area (Å²) in [7, 11) is 0. The summed E-state index contributed by atoms with van der Waals surface area (Å²) >= 11 is 0. The van der Waals surface area contributed by atoms with Crippen molar-refractivity contribution in [2.45, 2.75) is 18.5 Å². The monoisotopic (exact) mass is 237 g/mol. The number of piperazine rings is 1. The zero-order valence-electron chi connectivity index (χ0n) is 9.08. The second kappa shape index (κ2) is 3.58. The van der Waals surface area contributed by atoms with E-state index in [-0.39, 0.29) is 12.1 Å². The summed E-state index contributed by atoms with van der Waals surface area (Å²) in [6, 6.07) is 3.27. The van der Waals surface area contributed by atoms with E-state index in [0.29, 0.717) is 13.1 Å². The van der Waals surface area contributed by atoms with Crippen LogP contribution in [0.1, 0.15) is 6.42 Å². The molecule has 0 aromatic carbocycles. The average Bonchev–Trinajstić information content (AvgIpc) is 2.89. The van der Waals surface area contributed by atoms with Crippen molar-refractivity contribution in [2.24, 2.45) is 0 Å². The van der Waals surface area contributed by atoms with Crippen LogP contribution in [0.15, 0.2) is 18.3 Å². The number of pyridine rings is 1. The van der Waals surface area contributed by atoms with Gasteiger partial charge in [0.15, 0.2) is 0 Å². The van der Waals surface area contributed by atoms with E-state index < -0.39 is 12.0 Å². The lowest BCUT2D eigenvalue weighted by Gasteiger charge is -2.33. The van der Waals surface area contributed by atoms with Crippen molar-refractivity contribution in [1.82, 2.24) is 9.88 Å². The van der Waals surface area contributed by atoms with Crippen LogP contribution < -0.4 is 4.90 Å². The minimum atomic E-state index is -0.852. The molecule has 17 heavy (non-hydrogen) atoms. The number of nitrogens with zero attached hydrogens (tertiary/aromatic N) is 3. The van der Waals surface area contributed by atoms with Crippen LogP contribution in [0.2, 0.25) is 0 Å². The number of fused-ring (bicyclic) bond motifs is 2. The molecular weight excluding hydrogens is 225 g/mol. The molecule has 2 atom stereocenters. The van der Waals surface area contributed by atoms with E-state index in [1.54, 1.807) is 6.07 Å². The average molecular weight is 237 g/mol. The van der Waals surface area contributed by atoms with Gasteiger partial charge >= 0.3 is 6.09 Å². The van der Waals surface area contributed by atoms with Gasteiger partial charge in [0.1, 0.15) is 0 Å². The number of anilines is 1. The largest absolute Gasteiger partial charge is 0.465 e. The summed E-state index contributed by atoms with van der Waals surface area (Å²) in [5, 5.41) is 8.97. The van der Waals surface area contributed by atoms with Crippen molar-refractivity contribution in [2.75, 3.05) is 18.0 Å². The third-order valence-corrected chi connectivity index (χ3v) is 3.53. The molecular formula is C11H12FN3O2.